The summed E-state index contributed by atoms with van der Waals surface area (Å²) in [5.41, 5.74) is 4.56. The zero-order valence-corrected chi connectivity index (χ0v) is 14.4. The summed E-state index contributed by atoms with van der Waals surface area (Å²) in [5.74, 6) is 0.166. The molecule has 0 bridgehead atoms. The largest absolute Gasteiger partial charge is 0.496 e. The molecule has 25 heavy (non-hydrogen) atoms. The topological polar surface area (TPSA) is 35.5 Å². The Bertz CT molecular complexity index is 855. The number of carbonyl (C=O) groups excluding carboxylic acids is 1. The first-order valence-corrected chi connectivity index (χ1v) is 8.11. The zero-order valence-electron chi connectivity index (χ0n) is 14.4. The van der Waals surface area contributed by atoms with Crippen LogP contribution < -0.4 is 4.74 Å². The van der Waals surface area contributed by atoms with Crippen LogP contribution in [0.15, 0.2) is 72.8 Å². The molecule has 3 nitrogen and oxygen atoms in total. The maximum atomic E-state index is 12.3. The summed E-state index contributed by atoms with van der Waals surface area (Å²) in [7, 11) is 2.96. The predicted molar refractivity (Wildman–Crippen MR) is 99.0 cm³/mol. The molecular weight excluding hydrogens is 312 g/mol. The Morgan fingerprint density at radius 2 is 1.48 bits per heavy atom. The van der Waals surface area contributed by atoms with Gasteiger partial charge in [-0.25, -0.2) is 4.79 Å². The van der Waals surface area contributed by atoms with E-state index in [-0.39, 0.29) is 0 Å². The van der Waals surface area contributed by atoms with E-state index in [0.717, 1.165) is 22.3 Å². The van der Waals surface area contributed by atoms with Crippen LogP contribution in [-0.2, 0) is 11.2 Å². The molecule has 0 spiro atoms. The second-order valence-corrected chi connectivity index (χ2v) is 5.74. The third-order valence-electron chi connectivity index (χ3n) is 4.12. The number of rotatable bonds is 5. The van der Waals surface area contributed by atoms with Crippen LogP contribution in [-0.4, -0.2) is 20.2 Å². The molecule has 3 aromatic carbocycles. The highest BCUT2D eigenvalue weighted by Crippen LogP contribution is 2.33. The highest BCUT2D eigenvalue weighted by Gasteiger charge is 2.19. The van der Waals surface area contributed by atoms with E-state index in [1.165, 1.54) is 7.11 Å². The van der Waals surface area contributed by atoms with Crippen molar-refractivity contribution >= 4 is 5.97 Å². The fourth-order valence-corrected chi connectivity index (χ4v) is 2.94. The predicted octanol–water partition coefficient (Wildman–Crippen LogP) is 4.74. The molecule has 3 rings (SSSR count). The minimum absolute atomic E-state index is 0.399. The lowest BCUT2D eigenvalue weighted by Crippen LogP contribution is -2.07. The minimum atomic E-state index is -0.399. The molecule has 0 saturated carbocycles. The molecule has 0 aliphatic heterocycles. The smallest absolute Gasteiger partial charge is 0.341 e. The van der Waals surface area contributed by atoms with E-state index in [4.69, 9.17) is 9.47 Å². The Morgan fingerprint density at radius 1 is 0.840 bits per heavy atom. The van der Waals surface area contributed by atoms with Gasteiger partial charge >= 0.3 is 5.97 Å². The third-order valence-corrected chi connectivity index (χ3v) is 4.12. The Morgan fingerprint density at radius 3 is 2.08 bits per heavy atom. The Kier molecular flexibility index (Phi) is 5.14. The fraction of sp³-hybridized carbons (Fsp3) is 0.136. The van der Waals surface area contributed by atoms with Gasteiger partial charge in [-0.05, 0) is 34.4 Å². The molecule has 0 aliphatic carbocycles. The highest BCUT2D eigenvalue weighted by atomic mass is 16.5. The molecule has 0 amide bonds. The van der Waals surface area contributed by atoms with Crippen LogP contribution in [0.3, 0.4) is 0 Å². The van der Waals surface area contributed by atoms with Crippen molar-refractivity contribution in [3.05, 3.63) is 89.5 Å². The first-order chi connectivity index (χ1) is 12.2. The monoisotopic (exact) mass is 332 g/mol. The number of benzene rings is 3. The van der Waals surface area contributed by atoms with Gasteiger partial charge in [0.05, 0.1) is 14.2 Å². The van der Waals surface area contributed by atoms with E-state index in [0.29, 0.717) is 17.7 Å². The zero-order chi connectivity index (χ0) is 17.6. The van der Waals surface area contributed by atoms with Crippen molar-refractivity contribution in [3.63, 3.8) is 0 Å². The standard InChI is InChI=1S/C22H20O3/c1-24-21-19(13-16-9-5-3-6-10-16)14-18(15-20(21)22(23)25-2)17-11-7-4-8-12-17/h3-12,14-15H,13H2,1-2H3. The first kappa shape index (κ1) is 16.8. The van der Waals surface area contributed by atoms with Crippen LogP contribution in [0.25, 0.3) is 11.1 Å². The summed E-state index contributed by atoms with van der Waals surface area (Å²) in [4.78, 5) is 12.3. The van der Waals surface area contributed by atoms with Gasteiger partial charge in [0, 0.05) is 6.42 Å². The first-order valence-electron chi connectivity index (χ1n) is 8.11. The highest BCUT2D eigenvalue weighted by molar-refractivity contribution is 5.95. The van der Waals surface area contributed by atoms with Gasteiger partial charge in [-0.3, -0.25) is 0 Å². The van der Waals surface area contributed by atoms with E-state index < -0.39 is 5.97 Å². The second-order valence-electron chi connectivity index (χ2n) is 5.74. The summed E-state index contributed by atoms with van der Waals surface area (Å²) >= 11 is 0. The van der Waals surface area contributed by atoms with Crippen LogP contribution in [0, 0.1) is 0 Å². The number of methoxy groups -OCH3 is 2. The Labute approximate surface area is 147 Å². The average Bonchev–Trinajstić information content (AvgIpc) is 2.68. The van der Waals surface area contributed by atoms with Gasteiger partial charge in [0.15, 0.2) is 0 Å². The van der Waals surface area contributed by atoms with E-state index >= 15 is 0 Å². The van der Waals surface area contributed by atoms with E-state index in [1.54, 1.807) is 7.11 Å². The summed E-state index contributed by atoms with van der Waals surface area (Å²) < 4.78 is 10.5. The van der Waals surface area contributed by atoms with Crippen LogP contribution in [0.5, 0.6) is 5.75 Å². The molecule has 0 saturated heterocycles. The molecule has 0 aromatic heterocycles. The van der Waals surface area contributed by atoms with E-state index in [1.807, 2.05) is 54.6 Å². The lowest BCUT2D eigenvalue weighted by molar-refractivity contribution is 0.0597. The van der Waals surface area contributed by atoms with Crippen LogP contribution in [0.4, 0.5) is 0 Å². The number of carbonyl (C=O) groups is 1. The van der Waals surface area contributed by atoms with Crippen molar-refractivity contribution in [1.29, 1.82) is 0 Å². The molecule has 3 aromatic rings. The number of hydrogen-bond acceptors (Lipinski definition) is 3. The minimum Gasteiger partial charge on any atom is -0.496 e. The quantitative estimate of drug-likeness (QED) is 0.633. The van der Waals surface area contributed by atoms with Crippen molar-refractivity contribution in [2.45, 2.75) is 6.42 Å². The molecule has 126 valence electrons. The van der Waals surface area contributed by atoms with Crippen molar-refractivity contribution < 1.29 is 14.3 Å². The maximum absolute atomic E-state index is 12.3. The summed E-state index contributed by atoms with van der Waals surface area (Å²) in [6.45, 7) is 0. The van der Waals surface area contributed by atoms with Crippen LogP contribution >= 0.6 is 0 Å². The molecule has 0 unspecified atom stereocenters. The second kappa shape index (κ2) is 7.67. The molecule has 0 aliphatic rings. The van der Waals surface area contributed by atoms with E-state index in [2.05, 4.69) is 18.2 Å². The van der Waals surface area contributed by atoms with Crippen LogP contribution in [0.1, 0.15) is 21.5 Å². The number of esters is 1. The summed E-state index contributed by atoms with van der Waals surface area (Å²) in [6, 6.07) is 24.0. The van der Waals surface area contributed by atoms with Crippen molar-refractivity contribution in [1.82, 2.24) is 0 Å². The van der Waals surface area contributed by atoms with E-state index in [9.17, 15) is 4.79 Å². The van der Waals surface area contributed by atoms with Crippen LogP contribution in [0.2, 0.25) is 0 Å². The SMILES string of the molecule is COC(=O)c1cc(-c2ccccc2)cc(Cc2ccccc2)c1OC. The maximum Gasteiger partial charge on any atom is 0.341 e. The summed E-state index contributed by atoms with van der Waals surface area (Å²) in [6.07, 6.45) is 0.675. The molecule has 0 atom stereocenters. The molecular formula is C22H20O3. The average molecular weight is 332 g/mol. The third kappa shape index (κ3) is 3.72. The Balaban J connectivity index is 2.15. The van der Waals surface area contributed by atoms with Gasteiger partial charge in [-0.1, -0.05) is 60.7 Å². The van der Waals surface area contributed by atoms with Gasteiger partial charge in [0.25, 0.3) is 0 Å². The van der Waals surface area contributed by atoms with Gasteiger partial charge < -0.3 is 9.47 Å². The van der Waals surface area contributed by atoms with Gasteiger partial charge in [-0.15, -0.1) is 0 Å². The molecule has 0 N–H and O–H groups in total. The normalized spacial score (nSPS) is 10.3. The number of ether oxygens (including phenoxy) is 2. The lowest BCUT2D eigenvalue weighted by atomic mass is 9.95. The molecule has 0 heterocycles. The van der Waals surface area contributed by atoms with Gasteiger partial charge in [-0.2, -0.15) is 0 Å². The molecule has 0 radical (unpaired) electrons. The lowest BCUT2D eigenvalue weighted by Gasteiger charge is -2.15. The van der Waals surface area contributed by atoms with Crippen molar-refractivity contribution in [2.75, 3.05) is 14.2 Å². The van der Waals surface area contributed by atoms with Crippen molar-refractivity contribution in [3.8, 4) is 16.9 Å². The number of hydrogen-bond donors (Lipinski definition) is 0. The molecule has 3 heteroatoms. The summed E-state index contributed by atoms with van der Waals surface area (Å²) in [5, 5.41) is 0. The van der Waals surface area contributed by atoms with Crippen molar-refractivity contribution in [2.24, 2.45) is 0 Å². The Hall–Kier alpha value is -3.07. The fourth-order valence-electron chi connectivity index (χ4n) is 2.94. The van der Waals surface area contributed by atoms with Gasteiger partial charge in [0.2, 0.25) is 0 Å². The molecule has 0 fully saturated rings. The van der Waals surface area contributed by atoms with Gasteiger partial charge in [0.1, 0.15) is 11.3 Å².